The fourth-order valence-corrected chi connectivity index (χ4v) is 4.44. The largest absolute Gasteiger partial charge is 0.389 e. The Kier molecular flexibility index (Phi) is 3.90. The van der Waals surface area contributed by atoms with Gasteiger partial charge in [-0.25, -0.2) is 0 Å². The first-order chi connectivity index (χ1) is 12.6. The van der Waals surface area contributed by atoms with Gasteiger partial charge in [-0.3, -0.25) is 4.90 Å². The molecule has 2 aromatic rings. The first-order valence-electron chi connectivity index (χ1n) is 10.0. The maximum atomic E-state index is 10.8. The highest BCUT2D eigenvalue weighted by atomic mass is 16.3. The molecular formula is C19H28N6O. The summed E-state index contributed by atoms with van der Waals surface area (Å²) in [7, 11) is 2.15. The number of fused-ring (bicyclic) bond motifs is 1. The molecule has 1 N–H and O–H groups in total. The van der Waals surface area contributed by atoms with Crippen LogP contribution in [-0.4, -0.2) is 68.1 Å². The van der Waals surface area contributed by atoms with Gasteiger partial charge in [0.15, 0.2) is 11.5 Å². The first-order valence-corrected chi connectivity index (χ1v) is 10.0. The molecule has 3 heterocycles. The second-order valence-corrected chi connectivity index (χ2v) is 8.55. The van der Waals surface area contributed by atoms with Gasteiger partial charge >= 0.3 is 0 Å². The molecule has 140 valence electrons. The van der Waals surface area contributed by atoms with Crippen molar-refractivity contribution in [3.05, 3.63) is 18.0 Å². The van der Waals surface area contributed by atoms with Crippen LogP contribution in [-0.2, 0) is 0 Å². The minimum absolute atomic E-state index is 0.480. The quantitative estimate of drug-likeness (QED) is 0.881. The monoisotopic (exact) mass is 356 g/mol. The van der Waals surface area contributed by atoms with Crippen LogP contribution >= 0.6 is 0 Å². The highest BCUT2D eigenvalue weighted by molar-refractivity contribution is 5.48. The zero-order chi connectivity index (χ0) is 17.7. The number of nitrogens with zero attached hydrogens (tertiary/aromatic N) is 6. The Morgan fingerprint density at radius 3 is 2.65 bits per heavy atom. The summed E-state index contributed by atoms with van der Waals surface area (Å²) in [5.41, 5.74) is 0.357. The summed E-state index contributed by atoms with van der Waals surface area (Å²) in [6.45, 7) is 2.72. The second kappa shape index (κ2) is 6.16. The maximum absolute atomic E-state index is 10.8. The van der Waals surface area contributed by atoms with Gasteiger partial charge in [0, 0.05) is 31.6 Å². The molecule has 2 aromatic heterocycles. The first kappa shape index (κ1) is 16.4. The number of aromatic nitrogens is 4. The molecule has 0 aromatic carbocycles. The molecule has 2 saturated carbocycles. The van der Waals surface area contributed by atoms with E-state index in [9.17, 15) is 5.11 Å². The SMILES string of the molecule is CN(CC1(O)CCCCC1)C1CN(c2ccc3nnc(C4CC4)n3n2)C1. The van der Waals surface area contributed by atoms with Crippen LogP contribution in [0.15, 0.2) is 12.1 Å². The molecule has 1 saturated heterocycles. The minimum Gasteiger partial charge on any atom is -0.389 e. The average Bonchev–Trinajstić information content (AvgIpc) is 3.33. The molecule has 0 radical (unpaired) electrons. The van der Waals surface area contributed by atoms with Gasteiger partial charge in [0.1, 0.15) is 5.82 Å². The molecular weight excluding hydrogens is 328 g/mol. The molecule has 3 aliphatic rings. The Morgan fingerprint density at radius 1 is 1.15 bits per heavy atom. The van der Waals surface area contributed by atoms with E-state index in [1.165, 1.54) is 19.3 Å². The number of rotatable bonds is 5. The van der Waals surface area contributed by atoms with Gasteiger partial charge in [0.05, 0.1) is 5.60 Å². The molecule has 0 atom stereocenters. The fraction of sp³-hybridized carbons (Fsp3) is 0.737. The van der Waals surface area contributed by atoms with E-state index < -0.39 is 5.60 Å². The van der Waals surface area contributed by atoms with Crippen molar-refractivity contribution in [3.63, 3.8) is 0 Å². The molecule has 0 amide bonds. The van der Waals surface area contributed by atoms with Crippen LogP contribution in [0.4, 0.5) is 5.82 Å². The maximum Gasteiger partial charge on any atom is 0.178 e. The van der Waals surface area contributed by atoms with E-state index in [0.29, 0.717) is 12.0 Å². The average molecular weight is 356 g/mol. The molecule has 7 nitrogen and oxygen atoms in total. The summed E-state index contributed by atoms with van der Waals surface area (Å²) in [6.07, 6.45) is 7.88. The van der Waals surface area contributed by atoms with Gasteiger partial charge in [-0.1, -0.05) is 19.3 Å². The van der Waals surface area contributed by atoms with Crippen LogP contribution in [0.1, 0.15) is 56.7 Å². The van der Waals surface area contributed by atoms with E-state index in [-0.39, 0.29) is 0 Å². The van der Waals surface area contributed by atoms with Crippen molar-refractivity contribution in [3.8, 4) is 0 Å². The van der Waals surface area contributed by atoms with Crippen molar-refractivity contribution in [1.82, 2.24) is 24.7 Å². The molecule has 5 rings (SSSR count). The van der Waals surface area contributed by atoms with Crippen molar-refractivity contribution in [1.29, 1.82) is 0 Å². The third kappa shape index (κ3) is 2.97. The lowest BCUT2D eigenvalue weighted by atomic mass is 9.84. The van der Waals surface area contributed by atoms with Crippen LogP contribution in [0.5, 0.6) is 0 Å². The number of likely N-dealkylation sites (N-methyl/N-ethyl adjacent to an activating group) is 1. The third-order valence-corrected chi connectivity index (χ3v) is 6.35. The Bertz CT molecular complexity index is 788. The van der Waals surface area contributed by atoms with Gasteiger partial charge in [0.2, 0.25) is 0 Å². The molecule has 1 aliphatic heterocycles. The summed E-state index contributed by atoms with van der Waals surface area (Å²) in [5, 5.41) is 24.1. The van der Waals surface area contributed by atoms with Crippen LogP contribution in [0.3, 0.4) is 0 Å². The predicted molar refractivity (Wildman–Crippen MR) is 99.4 cm³/mol. The molecule has 26 heavy (non-hydrogen) atoms. The number of hydrogen-bond acceptors (Lipinski definition) is 6. The zero-order valence-electron chi connectivity index (χ0n) is 15.5. The zero-order valence-corrected chi connectivity index (χ0v) is 15.5. The van der Waals surface area contributed by atoms with Crippen LogP contribution < -0.4 is 4.90 Å². The summed E-state index contributed by atoms with van der Waals surface area (Å²) >= 11 is 0. The molecule has 0 unspecified atom stereocenters. The van der Waals surface area contributed by atoms with Gasteiger partial charge in [0.25, 0.3) is 0 Å². The highest BCUT2D eigenvalue weighted by Crippen LogP contribution is 2.39. The lowest BCUT2D eigenvalue weighted by Crippen LogP contribution is -2.61. The second-order valence-electron chi connectivity index (χ2n) is 8.55. The van der Waals surface area contributed by atoms with E-state index >= 15 is 0 Å². The van der Waals surface area contributed by atoms with Gasteiger partial charge in [-0.2, -0.15) is 4.52 Å². The molecule has 3 fully saturated rings. The molecule has 0 bridgehead atoms. The Balaban J connectivity index is 1.23. The third-order valence-electron chi connectivity index (χ3n) is 6.35. The topological polar surface area (TPSA) is 69.8 Å². The summed E-state index contributed by atoms with van der Waals surface area (Å²) in [6, 6.07) is 4.55. The molecule has 2 aliphatic carbocycles. The highest BCUT2D eigenvalue weighted by Gasteiger charge is 2.37. The fourth-order valence-electron chi connectivity index (χ4n) is 4.44. The van der Waals surface area contributed by atoms with Crippen LogP contribution in [0, 0.1) is 0 Å². The van der Waals surface area contributed by atoms with E-state index in [1.807, 2.05) is 16.6 Å². The van der Waals surface area contributed by atoms with E-state index in [1.54, 1.807) is 0 Å². The molecule has 0 spiro atoms. The normalized spacial score (nSPS) is 23.6. The minimum atomic E-state index is -0.480. The van der Waals surface area contributed by atoms with Gasteiger partial charge in [-0.15, -0.1) is 15.3 Å². The van der Waals surface area contributed by atoms with E-state index in [2.05, 4.69) is 27.0 Å². The van der Waals surface area contributed by atoms with Crippen LogP contribution in [0.25, 0.3) is 5.65 Å². The molecule has 7 heteroatoms. The summed E-state index contributed by atoms with van der Waals surface area (Å²) < 4.78 is 1.93. The number of aliphatic hydroxyl groups is 1. The standard InChI is InChI=1S/C19H28N6O/c1-23(13-19(26)9-3-2-4-10-19)15-11-24(12-15)17-8-7-16-20-21-18(14-5-6-14)25(16)22-17/h7-8,14-15,26H,2-6,9-13H2,1H3. The van der Waals surface area contributed by atoms with Crippen LogP contribution in [0.2, 0.25) is 0 Å². The van der Waals surface area contributed by atoms with Gasteiger partial charge < -0.3 is 10.0 Å². The van der Waals surface area contributed by atoms with Crippen molar-refractivity contribution in [2.24, 2.45) is 0 Å². The lowest BCUT2D eigenvalue weighted by Gasteiger charge is -2.47. The Morgan fingerprint density at radius 2 is 1.92 bits per heavy atom. The number of anilines is 1. The summed E-state index contributed by atoms with van der Waals surface area (Å²) in [4.78, 5) is 4.65. The van der Waals surface area contributed by atoms with Crippen molar-refractivity contribution >= 4 is 11.5 Å². The van der Waals surface area contributed by atoms with Crippen molar-refractivity contribution in [2.45, 2.75) is 62.5 Å². The lowest BCUT2D eigenvalue weighted by molar-refractivity contribution is -0.0316. The summed E-state index contributed by atoms with van der Waals surface area (Å²) in [5.74, 6) is 2.55. The van der Waals surface area contributed by atoms with E-state index in [0.717, 1.165) is 62.6 Å². The van der Waals surface area contributed by atoms with E-state index in [4.69, 9.17) is 5.10 Å². The Labute approximate surface area is 154 Å². The van der Waals surface area contributed by atoms with Crippen molar-refractivity contribution in [2.75, 3.05) is 31.6 Å². The van der Waals surface area contributed by atoms with Gasteiger partial charge in [-0.05, 0) is 44.9 Å². The van der Waals surface area contributed by atoms with Crippen molar-refractivity contribution < 1.29 is 5.11 Å². The smallest absolute Gasteiger partial charge is 0.178 e. The Hall–Kier alpha value is -1.73. The predicted octanol–water partition coefficient (Wildman–Crippen LogP) is 1.82. The number of hydrogen-bond donors (Lipinski definition) is 1.